The van der Waals surface area contributed by atoms with Crippen LogP contribution in [0.5, 0.6) is 11.5 Å². The number of benzene rings is 2. The predicted molar refractivity (Wildman–Crippen MR) is 157 cm³/mol. The van der Waals surface area contributed by atoms with Crippen LogP contribution in [-0.2, 0) is 42.2 Å². The van der Waals surface area contributed by atoms with Gasteiger partial charge in [-0.2, -0.15) is 49.7 Å². The molecule has 50 heavy (non-hydrogen) atoms. The van der Waals surface area contributed by atoms with E-state index in [9.17, 15) is 49.1 Å². The Balaban J connectivity index is 0.000000271. The van der Waals surface area contributed by atoms with E-state index in [1.807, 2.05) is 0 Å². The molecule has 2 N–H and O–H groups in total. The first-order valence-electron chi connectivity index (χ1n) is 14.2. The van der Waals surface area contributed by atoms with Gasteiger partial charge in [0.15, 0.2) is 17.9 Å². The lowest BCUT2D eigenvalue weighted by Gasteiger charge is -2.17. The zero-order valence-corrected chi connectivity index (χ0v) is 26.9. The van der Waals surface area contributed by atoms with Crippen LogP contribution in [0, 0.1) is 13.8 Å². The van der Waals surface area contributed by atoms with Crippen molar-refractivity contribution in [3.05, 3.63) is 70.7 Å². The molecule has 0 unspecified atom stereocenters. The molecule has 0 saturated heterocycles. The molecule has 2 atom stereocenters. The van der Waals surface area contributed by atoms with Gasteiger partial charge in [0, 0.05) is 36.5 Å². The third kappa shape index (κ3) is 9.06. The number of aromatic nitrogens is 4. The summed E-state index contributed by atoms with van der Waals surface area (Å²) in [5.74, 6) is -2.85. The number of carboxylic acid groups (broad SMARTS) is 2. The summed E-state index contributed by atoms with van der Waals surface area (Å²) in [5.41, 5.74) is -2.09. The molecule has 10 nitrogen and oxygen atoms in total. The molecule has 0 aliphatic carbocycles. The maximum absolute atomic E-state index is 13.1. The van der Waals surface area contributed by atoms with Gasteiger partial charge in [0.05, 0.1) is 22.5 Å². The molecule has 4 aromatic rings. The number of aliphatic carboxylic acids is 2. The molecule has 0 spiro atoms. The molecule has 2 aromatic carbocycles. The molecule has 0 amide bonds. The fourth-order valence-electron chi connectivity index (χ4n) is 4.52. The van der Waals surface area contributed by atoms with Crippen molar-refractivity contribution in [2.24, 2.45) is 14.1 Å². The van der Waals surface area contributed by atoms with Crippen LogP contribution in [0.4, 0.5) is 39.5 Å². The molecule has 0 fully saturated rings. The summed E-state index contributed by atoms with van der Waals surface area (Å²) in [6.45, 7) is 5.84. The van der Waals surface area contributed by atoms with E-state index in [-0.39, 0.29) is 28.3 Å². The molecular formula is C31H29F9N4O6. The highest BCUT2D eigenvalue weighted by atomic mass is 19.4. The maximum Gasteiger partial charge on any atom is 0.435 e. The second-order valence-corrected chi connectivity index (χ2v) is 10.8. The van der Waals surface area contributed by atoms with Crippen molar-refractivity contribution >= 4 is 11.9 Å². The van der Waals surface area contributed by atoms with Gasteiger partial charge in [-0.1, -0.05) is 0 Å². The molecule has 0 bridgehead atoms. The lowest BCUT2D eigenvalue weighted by molar-refractivity contribution is -0.145. The van der Waals surface area contributed by atoms with Crippen LogP contribution >= 0.6 is 0 Å². The van der Waals surface area contributed by atoms with Gasteiger partial charge in [-0.3, -0.25) is 9.36 Å². The second-order valence-electron chi connectivity index (χ2n) is 10.8. The summed E-state index contributed by atoms with van der Waals surface area (Å²) in [6, 6.07) is 5.62. The van der Waals surface area contributed by atoms with Crippen molar-refractivity contribution in [3.8, 4) is 33.9 Å². The van der Waals surface area contributed by atoms with Gasteiger partial charge < -0.3 is 19.7 Å². The minimum Gasteiger partial charge on any atom is -0.479 e. The Labute approximate surface area is 277 Å². The molecule has 4 rings (SSSR count). The number of ether oxygens (including phenoxy) is 2. The van der Waals surface area contributed by atoms with Crippen LogP contribution in [0.3, 0.4) is 0 Å². The average molecular weight is 725 g/mol. The monoisotopic (exact) mass is 724 g/mol. The summed E-state index contributed by atoms with van der Waals surface area (Å²) in [5, 5.41) is 25.3. The number of hydrogen-bond acceptors (Lipinski definition) is 6. The third-order valence-electron chi connectivity index (χ3n) is 7.14. The first-order chi connectivity index (χ1) is 22.8. The van der Waals surface area contributed by atoms with Gasteiger partial charge in [-0.25, -0.2) is 9.59 Å². The Hall–Kier alpha value is -5.23. The molecule has 2 heterocycles. The fourth-order valence-corrected chi connectivity index (χ4v) is 4.52. The Bertz CT molecular complexity index is 1880. The number of halogens is 9. The predicted octanol–water partition coefficient (Wildman–Crippen LogP) is 7.55. The normalized spacial score (nSPS) is 13.3. The molecule has 0 radical (unpaired) electrons. The van der Waals surface area contributed by atoms with Crippen LogP contribution in [0.1, 0.15) is 42.1 Å². The highest BCUT2D eigenvalue weighted by molar-refractivity contribution is 5.77. The third-order valence-corrected chi connectivity index (χ3v) is 7.14. The lowest BCUT2D eigenvalue weighted by atomic mass is 10.00. The second kappa shape index (κ2) is 14.3. The highest BCUT2D eigenvalue weighted by Crippen LogP contribution is 2.41. The molecule has 272 valence electrons. The molecule has 0 aliphatic rings. The van der Waals surface area contributed by atoms with E-state index in [0.29, 0.717) is 35.2 Å². The molecule has 2 aromatic heterocycles. The van der Waals surface area contributed by atoms with E-state index >= 15 is 0 Å². The lowest BCUT2D eigenvalue weighted by Crippen LogP contribution is -2.23. The Kier molecular flexibility index (Phi) is 11.2. The fraction of sp³-hybridized carbons (Fsp3) is 0.355. The zero-order chi connectivity index (χ0) is 38.1. The number of nitrogens with zero attached hydrogens (tertiary/aromatic N) is 4. The number of rotatable bonds is 8. The summed E-state index contributed by atoms with van der Waals surface area (Å²) < 4.78 is 129. The van der Waals surface area contributed by atoms with Gasteiger partial charge in [0.1, 0.15) is 11.5 Å². The molecule has 0 saturated carbocycles. The summed E-state index contributed by atoms with van der Waals surface area (Å²) in [4.78, 5) is 21.9. The van der Waals surface area contributed by atoms with E-state index in [2.05, 4.69) is 10.2 Å². The van der Waals surface area contributed by atoms with E-state index in [4.69, 9.17) is 19.7 Å². The zero-order valence-electron chi connectivity index (χ0n) is 26.9. The number of carboxylic acids is 2. The van der Waals surface area contributed by atoms with Crippen LogP contribution in [0.15, 0.2) is 42.5 Å². The SMILES string of the molecule is C[C@H](Oc1ccc(C(F)(F)F)cc1-c1cc(C(F)(F)F)nn1C)C(=O)O.Cc1nn(C)c(C)c1-c1cc(C(F)(F)F)ccc1O[C@@H](C)C(=O)O. The van der Waals surface area contributed by atoms with Crippen molar-refractivity contribution in [3.63, 3.8) is 0 Å². The number of carbonyl (C=O) groups is 2. The van der Waals surface area contributed by atoms with Crippen LogP contribution in [0.25, 0.3) is 22.4 Å². The minimum atomic E-state index is -4.80. The summed E-state index contributed by atoms with van der Waals surface area (Å²) in [6.07, 6.45) is -16.7. The minimum absolute atomic E-state index is 0.0668. The Morgan fingerprint density at radius 2 is 1.12 bits per heavy atom. The van der Waals surface area contributed by atoms with Crippen molar-refractivity contribution < 1.29 is 68.8 Å². The Morgan fingerprint density at radius 1 is 0.680 bits per heavy atom. The Morgan fingerprint density at radius 3 is 1.48 bits per heavy atom. The topological polar surface area (TPSA) is 129 Å². The van der Waals surface area contributed by atoms with Crippen LogP contribution in [-0.4, -0.2) is 53.9 Å². The number of alkyl halides is 9. The van der Waals surface area contributed by atoms with E-state index in [1.165, 1.54) is 6.92 Å². The smallest absolute Gasteiger partial charge is 0.435 e. The maximum atomic E-state index is 13.1. The van der Waals surface area contributed by atoms with Gasteiger partial charge in [0.25, 0.3) is 0 Å². The van der Waals surface area contributed by atoms with Crippen molar-refractivity contribution in [1.29, 1.82) is 0 Å². The van der Waals surface area contributed by atoms with Gasteiger partial charge >= 0.3 is 30.5 Å². The van der Waals surface area contributed by atoms with E-state index in [1.54, 1.807) is 25.6 Å². The molecule has 19 heteroatoms. The van der Waals surface area contributed by atoms with E-state index < -0.39 is 59.5 Å². The van der Waals surface area contributed by atoms with Crippen molar-refractivity contribution in [2.75, 3.05) is 0 Å². The van der Waals surface area contributed by atoms with Gasteiger partial charge in [-0.15, -0.1) is 0 Å². The summed E-state index contributed by atoms with van der Waals surface area (Å²) in [7, 11) is 2.80. The van der Waals surface area contributed by atoms with Crippen molar-refractivity contribution in [2.45, 2.75) is 58.4 Å². The first-order valence-corrected chi connectivity index (χ1v) is 14.2. The van der Waals surface area contributed by atoms with Gasteiger partial charge in [0.2, 0.25) is 0 Å². The number of hydrogen-bond donors (Lipinski definition) is 2. The standard InChI is InChI=1S/C16H17F3N2O3.C15H12F6N2O3/c1-8-14(9(2)21(4)20-8)12-7-11(16(17,18)19)5-6-13(12)24-10(3)15(22)23;1-7(13(24)25)26-11-4-3-8(14(16,17)18)5-9(11)10-6-12(15(19,20)21)22-23(10)2/h5-7,10H,1-4H3,(H,22,23);3-7H,1-2H3,(H,24,25)/t10-;7-/m00/s1. The summed E-state index contributed by atoms with van der Waals surface area (Å²) >= 11 is 0. The van der Waals surface area contributed by atoms with Crippen molar-refractivity contribution in [1.82, 2.24) is 19.6 Å². The molecule has 0 aliphatic heterocycles. The van der Waals surface area contributed by atoms with Gasteiger partial charge in [-0.05, 0) is 70.2 Å². The van der Waals surface area contributed by atoms with Crippen LogP contribution in [0.2, 0.25) is 0 Å². The largest absolute Gasteiger partial charge is 0.479 e. The average Bonchev–Trinajstić information content (AvgIpc) is 3.50. The quantitative estimate of drug-likeness (QED) is 0.178. The van der Waals surface area contributed by atoms with Crippen LogP contribution < -0.4 is 9.47 Å². The number of aryl methyl sites for hydroxylation is 3. The molecular weight excluding hydrogens is 695 g/mol. The van der Waals surface area contributed by atoms with E-state index in [0.717, 1.165) is 42.9 Å². The highest BCUT2D eigenvalue weighted by Gasteiger charge is 2.37. The first kappa shape index (κ1) is 39.2.